The van der Waals surface area contributed by atoms with Crippen LogP contribution in [0.25, 0.3) is 0 Å². The number of aliphatic hydroxyl groups excluding tert-OH is 1. The Hall–Kier alpha value is -1.91. The minimum absolute atomic E-state index is 0.0230. The highest BCUT2D eigenvalue weighted by Crippen LogP contribution is 2.19. The molecule has 106 valence electrons. The summed E-state index contributed by atoms with van der Waals surface area (Å²) in [6.07, 6.45) is 3.59. The minimum atomic E-state index is 0.0230. The summed E-state index contributed by atoms with van der Waals surface area (Å²) < 4.78 is 5.52. The first-order valence-electron chi connectivity index (χ1n) is 6.76. The molecule has 0 spiro atoms. The average Bonchev–Trinajstić information content (AvgIpc) is 2.52. The molecule has 0 bridgehead atoms. The topological polar surface area (TPSA) is 54.4 Å². The fraction of sp³-hybridized carbons (Fsp3) is 0.312. The lowest BCUT2D eigenvalue weighted by molar-refractivity contribution is 0.200. The lowest BCUT2D eigenvalue weighted by Gasteiger charge is -2.16. The summed E-state index contributed by atoms with van der Waals surface area (Å²) in [5, 5.41) is 12.3. The van der Waals surface area contributed by atoms with Gasteiger partial charge in [-0.2, -0.15) is 0 Å². The van der Waals surface area contributed by atoms with Crippen LogP contribution in [0.3, 0.4) is 0 Å². The largest absolute Gasteiger partial charge is 0.491 e. The van der Waals surface area contributed by atoms with E-state index in [-0.39, 0.29) is 12.6 Å². The maximum Gasteiger partial charge on any atom is 0.123 e. The van der Waals surface area contributed by atoms with Crippen molar-refractivity contribution in [1.82, 2.24) is 10.3 Å². The second-order valence-corrected chi connectivity index (χ2v) is 4.56. The van der Waals surface area contributed by atoms with Crippen LogP contribution in [-0.2, 0) is 6.54 Å². The molecule has 0 amide bonds. The summed E-state index contributed by atoms with van der Waals surface area (Å²) in [5.41, 5.74) is 2.29. The molecule has 0 saturated carbocycles. The molecule has 4 nitrogen and oxygen atoms in total. The SMILES string of the molecule is CC(NCc1ccccc1OCCO)c1ccncc1. The van der Waals surface area contributed by atoms with Crippen LogP contribution in [0.4, 0.5) is 0 Å². The molecule has 0 radical (unpaired) electrons. The Bertz CT molecular complexity index is 517. The van der Waals surface area contributed by atoms with Crippen LogP contribution in [0, 0.1) is 0 Å². The van der Waals surface area contributed by atoms with E-state index >= 15 is 0 Å². The Morgan fingerprint density at radius 2 is 1.95 bits per heavy atom. The van der Waals surface area contributed by atoms with Crippen LogP contribution < -0.4 is 10.1 Å². The summed E-state index contributed by atoms with van der Waals surface area (Å²) >= 11 is 0. The van der Waals surface area contributed by atoms with Crippen LogP contribution in [0.1, 0.15) is 24.1 Å². The van der Waals surface area contributed by atoms with E-state index in [4.69, 9.17) is 9.84 Å². The lowest BCUT2D eigenvalue weighted by Crippen LogP contribution is -2.18. The molecule has 0 aliphatic carbocycles. The number of aliphatic hydroxyl groups is 1. The van der Waals surface area contributed by atoms with Gasteiger partial charge in [0.15, 0.2) is 0 Å². The van der Waals surface area contributed by atoms with Gasteiger partial charge < -0.3 is 15.2 Å². The molecular formula is C16H20N2O2. The van der Waals surface area contributed by atoms with Gasteiger partial charge in [-0.1, -0.05) is 18.2 Å². The van der Waals surface area contributed by atoms with Crippen LogP contribution in [0.2, 0.25) is 0 Å². The van der Waals surface area contributed by atoms with Crippen molar-refractivity contribution in [2.45, 2.75) is 19.5 Å². The van der Waals surface area contributed by atoms with Crippen LogP contribution >= 0.6 is 0 Å². The molecule has 4 heteroatoms. The molecule has 2 rings (SSSR count). The molecule has 1 atom stereocenters. The molecule has 0 saturated heterocycles. The highest BCUT2D eigenvalue weighted by Gasteiger charge is 2.07. The number of hydrogen-bond donors (Lipinski definition) is 2. The standard InChI is InChI=1S/C16H20N2O2/c1-13(14-6-8-17-9-7-14)18-12-15-4-2-3-5-16(15)20-11-10-19/h2-9,13,18-19H,10-12H2,1H3. The zero-order valence-corrected chi connectivity index (χ0v) is 11.6. The molecule has 0 aliphatic heterocycles. The highest BCUT2D eigenvalue weighted by molar-refractivity contribution is 5.33. The van der Waals surface area contributed by atoms with Gasteiger partial charge in [0, 0.05) is 30.5 Å². The van der Waals surface area contributed by atoms with E-state index in [1.165, 1.54) is 5.56 Å². The second-order valence-electron chi connectivity index (χ2n) is 4.56. The Morgan fingerprint density at radius 1 is 1.20 bits per heavy atom. The van der Waals surface area contributed by atoms with Crippen molar-refractivity contribution < 1.29 is 9.84 Å². The Kier molecular flexibility index (Phi) is 5.53. The van der Waals surface area contributed by atoms with E-state index in [2.05, 4.69) is 17.2 Å². The predicted molar refractivity (Wildman–Crippen MR) is 78.5 cm³/mol. The van der Waals surface area contributed by atoms with Gasteiger partial charge in [0.25, 0.3) is 0 Å². The van der Waals surface area contributed by atoms with Gasteiger partial charge in [-0.05, 0) is 30.7 Å². The monoisotopic (exact) mass is 272 g/mol. The maximum absolute atomic E-state index is 8.84. The molecule has 1 aromatic heterocycles. The van der Waals surface area contributed by atoms with Gasteiger partial charge in [-0.25, -0.2) is 0 Å². The van der Waals surface area contributed by atoms with E-state index < -0.39 is 0 Å². The predicted octanol–water partition coefficient (Wildman–Crippen LogP) is 2.30. The molecule has 2 aromatic rings. The zero-order valence-electron chi connectivity index (χ0n) is 11.6. The van der Waals surface area contributed by atoms with E-state index in [0.29, 0.717) is 13.2 Å². The first kappa shape index (κ1) is 14.5. The quantitative estimate of drug-likeness (QED) is 0.812. The van der Waals surface area contributed by atoms with Gasteiger partial charge in [-0.15, -0.1) is 0 Å². The lowest BCUT2D eigenvalue weighted by atomic mass is 10.1. The molecule has 1 unspecified atom stereocenters. The second kappa shape index (κ2) is 7.62. The van der Waals surface area contributed by atoms with Crippen molar-refractivity contribution in [1.29, 1.82) is 0 Å². The van der Waals surface area contributed by atoms with Crippen molar-refractivity contribution in [3.63, 3.8) is 0 Å². The molecule has 0 fully saturated rings. The third kappa shape index (κ3) is 4.05. The number of aromatic nitrogens is 1. The third-order valence-electron chi connectivity index (χ3n) is 3.13. The van der Waals surface area contributed by atoms with E-state index in [1.807, 2.05) is 36.4 Å². The van der Waals surface area contributed by atoms with Gasteiger partial charge in [0.05, 0.1) is 6.61 Å². The average molecular weight is 272 g/mol. The Labute approximate surface area is 119 Å². The van der Waals surface area contributed by atoms with Crippen molar-refractivity contribution in [2.75, 3.05) is 13.2 Å². The molecule has 1 heterocycles. The molecular weight excluding hydrogens is 252 g/mol. The van der Waals surface area contributed by atoms with Gasteiger partial charge in [-0.3, -0.25) is 4.98 Å². The normalized spacial score (nSPS) is 12.1. The maximum atomic E-state index is 8.84. The smallest absolute Gasteiger partial charge is 0.123 e. The van der Waals surface area contributed by atoms with Crippen molar-refractivity contribution in [2.24, 2.45) is 0 Å². The Balaban J connectivity index is 1.96. The van der Waals surface area contributed by atoms with E-state index in [1.54, 1.807) is 12.4 Å². The van der Waals surface area contributed by atoms with E-state index in [9.17, 15) is 0 Å². The summed E-state index contributed by atoms with van der Waals surface area (Å²) in [6.45, 7) is 3.17. The number of pyridine rings is 1. The molecule has 2 N–H and O–H groups in total. The number of benzene rings is 1. The molecule has 0 aliphatic rings. The summed E-state index contributed by atoms with van der Waals surface area (Å²) in [5.74, 6) is 0.816. The number of nitrogens with zero attached hydrogens (tertiary/aromatic N) is 1. The third-order valence-corrected chi connectivity index (χ3v) is 3.13. The van der Waals surface area contributed by atoms with Crippen molar-refractivity contribution >= 4 is 0 Å². The van der Waals surface area contributed by atoms with Crippen molar-refractivity contribution in [3.05, 3.63) is 59.9 Å². The first-order chi connectivity index (χ1) is 9.81. The summed E-state index contributed by atoms with van der Waals surface area (Å²) in [7, 11) is 0. The van der Waals surface area contributed by atoms with Crippen LogP contribution in [-0.4, -0.2) is 23.3 Å². The highest BCUT2D eigenvalue weighted by atomic mass is 16.5. The number of nitrogens with one attached hydrogen (secondary N) is 1. The number of para-hydroxylation sites is 1. The summed E-state index contributed by atoms with van der Waals surface area (Å²) in [6, 6.07) is 12.1. The number of rotatable bonds is 7. The van der Waals surface area contributed by atoms with Crippen LogP contribution in [0.5, 0.6) is 5.75 Å². The van der Waals surface area contributed by atoms with E-state index in [0.717, 1.165) is 11.3 Å². The Morgan fingerprint density at radius 3 is 2.70 bits per heavy atom. The van der Waals surface area contributed by atoms with Gasteiger partial charge in [0.1, 0.15) is 12.4 Å². The zero-order chi connectivity index (χ0) is 14.2. The summed E-state index contributed by atoms with van der Waals surface area (Å²) in [4.78, 5) is 4.02. The van der Waals surface area contributed by atoms with Gasteiger partial charge >= 0.3 is 0 Å². The fourth-order valence-corrected chi connectivity index (χ4v) is 1.98. The molecule has 1 aromatic carbocycles. The minimum Gasteiger partial charge on any atom is -0.491 e. The molecule has 20 heavy (non-hydrogen) atoms. The fourth-order valence-electron chi connectivity index (χ4n) is 1.98. The van der Waals surface area contributed by atoms with Crippen molar-refractivity contribution in [3.8, 4) is 5.75 Å². The number of hydrogen-bond acceptors (Lipinski definition) is 4. The number of ether oxygens (including phenoxy) is 1. The first-order valence-corrected chi connectivity index (χ1v) is 6.76. The van der Waals surface area contributed by atoms with Crippen LogP contribution in [0.15, 0.2) is 48.8 Å². The van der Waals surface area contributed by atoms with Gasteiger partial charge in [0.2, 0.25) is 0 Å².